The zero-order chi connectivity index (χ0) is 12.9. The number of aromatic nitrogens is 2. The van der Waals surface area contributed by atoms with Gasteiger partial charge in [-0.1, -0.05) is 30.3 Å². The number of benzene rings is 1. The molecule has 0 aliphatic rings. The van der Waals surface area contributed by atoms with Crippen LogP contribution in [0.1, 0.15) is 11.7 Å². The normalized spacial score (nSPS) is 10.6. The first-order chi connectivity index (χ1) is 9.45. The van der Waals surface area contributed by atoms with E-state index in [0.29, 0.717) is 0 Å². The molecule has 0 unspecified atom stereocenters. The zero-order valence-corrected chi connectivity index (χ0v) is 10.6. The Bertz CT molecular complexity index is 527. The molecule has 0 radical (unpaired) electrons. The van der Waals surface area contributed by atoms with E-state index in [4.69, 9.17) is 0 Å². The molecule has 2 heteroatoms. The molecule has 0 atom stereocenters. The summed E-state index contributed by atoms with van der Waals surface area (Å²) in [5, 5.41) is 0. The van der Waals surface area contributed by atoms with Gasteiger partial charge >= 0.3 is 6.17 Å². The third kappa shape index (κ3) is 2.52. The van der Waals surface area contributed by atoms with Gasteiger partial charge in [0.05, 0.1) is 5.56 Å². The lowest BCUT2D eigenvalue weighted by Gasteiger charge is -2.07. The van der Waals surface area contributed by atoms with Crippen molar-refractivity contribution in [3.63, 3.8) is 0 Å². The molecule has 2 aromatic heterocycles. The van der Waals surface area contributed by atoms with Crippen LogP contribution in [0.2, 0.25) is 0 Å². The second-order valence-electron chi connectivity index (χ2n) is 4.43. The van der Waals surface area contributed by atoms with Gasteiger partial charge in [0, 0.05) is 24.3 Å². The van der Waals surface area contributed by atoms with Gasteiger partial charge in [-0.15, -0.1) is 9.13 Å². The van der Waals surface area contributed by atoms with Crippen LogP contribution in [-0.2, 0) is 0 Å². The fourth-order valence-electron chi connectivity index (χ4n) is 2.27. The molecule has 0 aliphatic heterocycles. The first-order valence-electron chi connectivity index (χ1n) is 6.42. The van der Waals surface area contributed by atoms with E-state index in [2.05, 4.69) is 82.5 Å². The predicted octanol–water partition coefficient (Wildman–Crippen LogP) is 2.36. The molecule has 19 heavy (non-hydrogen) atoms. The maximum atomic E-state index is 2.20. The molecule has 0 aliphatic carbocycles. The van der Waals surface area contributed by atoms with Crippen LogP contribution in [0.5, 0.6) is 0 Å². The summed E-state index contributed by atoms with van der Waals surface area (Å²) in [4.78, 5) is 0. The van der Waals surface area contributed by atoms with Crippen molar-refractivity contribution in [1.29, 1.82) is 0 Å². The molecule has 3 aromatic rings. The Hall–Kier alpha value is -2.48. The number of rotatable bonds is 3. The van der Waals surface area contributed by atoms with Crippen LogP contribution >= 0.6 is 0 Å². The van der Waals surface area contributed by atoms with Crippen LogP contribution in [-0.4, -0.2) is 0 Å². The minimum Gasteiger partial charge on any atom is -0.140 e. The van der Waals surface area contributed by atoms with Crippen molar-refractivity contribution in [2.24, 2.45) is 0 Å². The summed E-state index contributed by atoms with van der Waals surface area (Å²) in [6.07, 6.45) is 8.52. The predicted molar refractivity (Wildman–Crippen MR) is 73.3 cm³/mol. The van der Waals surface area contributed by atoms with Crippen LogP contribution in [0, 0.1) is 0 Å². The van der Waals surface area contributed by atoms with E-state index in [-0.39, 0.29) is 6.17 Å². The average molecular weight is 248 g/mol. The first-order valence-corrected chi connectivity index (χ1v) is 6.42. The SMILES string of the molecule is c1ccc(C([n+]2ccccc2)[n+]2ccccc2)cc1. The first kappa shape index (κ1) is 11.6. The number of hydrogen-bond donors (Lipinski definition) is 0. The van der Waals surface area contributed by atoms with Gasteiger partial charge in [-0.3, -0.25) is 0 Å². The molecular weight excluding hydrogens is 232 g/mol. The van der Waals surface area contributed by atoms with Crippen LogP contribution < -0.4 is 9.13 Å². The van der Waals surface area contributed by atoms with Gasteiger partial charge in [0.1, 0.15) is 0 Å². The molecule has 0 N–H and O–H groups in total. The molecule has 0 bridgehead atoms. The van der Waals surface area contributed by atoms with Gasteiger partial charge < -0.3 is 0 Å². The summed E-state index contributed by atoms with van der Waals surface area (Å²) < 4.78 is 4.41. The standard InChI is InChI=1S/C17H16N2/c1-4-10-16(11-5-1)17(18-12-6-2-7-13-18)19-14-8-3-9-15-19/h1-15,17H/q+2. The summed E-state index contributed by atoms with van der Waals surface area (Å²) in [5.41, 5.74) is 1.26. The van der Waals surface area contributed by atoms with Gasteiger partial charge in [0.25, 0.3) is 0 Å². The Kier molecular flexibility index (Phi) is 3.32. The summed E-state index contributed by atoms with van der Waals surface area (Å²) in [7, 11) is 0. The van der Waals surface area contributed by atoms with E-state index >= 15 is 0 Å². The van der Waals surface area contributed by atoms with E-state index in [1.165, 1.54) is 5.56 Å². The van der Waals surface area contributed by atoms with E-state index in [1.807, 2.05) is 18.2 Å². The largest absolute Gasteiger partial charge is 0.379 e. The van der Waals surface area contributed by atoms with Crippen molar-refractivity contribution in [2.75, 3.05) is 0 Å². The molecule has 0 saturated carbocycles. The maximum absolute atomic E-state index is 2.20. The highest BCUT2D eigenvalue weighted by atomic mass is 15.2. The highest BCUT2D eigenvalue weighted by Gasteiger charge is 2.28. The molecular formula is C17H16N2+2. The zero-order valence-electron chi connectivity index (χ0n) is 10.6. The Morgan fingerprint density at radius 2 is 0.947 bits per heavy atom. The van der Waals surface area contributed by atoms with Gasteiger partial charge in [0.2, 0.25) is 0 Å². The van der Waals surface area contributed by atoms with Crippen molar-refractivity contribution in [1.82, 2.24) is 0 Å². The maximum Gasteiger partial charge on any atom is 0.379 e. The van der Waals surface area contributed by atoms with Crippen molar-refractivity contribution < 1.29 is 9.13 Å². The van der Waals surface area contributed by atoms with Crippen LogP contribution in [0.4, 0.5) is 0 Å². The number of nitrogens with zero attached hydrogens (tertiary/aromatic N) is 2. The van der Waals surface area contributed by atoms with E-state index < -0.39 is 0 Å². The molecule has 3 rings (SSSR count). The van der Waals surface area contributed by atoms with Gasteiger partial charge in [-0.05, 0) is 12.1 Å². The quantitative estimate of drug-likeness (QED) is 0.629. The fourth-order valence-corrected chi connectivity index (χ4v) is 2.27. The average Bonchev–Trinajstić information content (AvgIpc) is 2.51. The summed E-state index contributed by atoms with van der Waals surface area (Å²) in [5.74, 6) is 0. The topological polar surface area (TPSA) is 7.76 Å². The Morgan fingerprint density at radius 3 is 1.42 bits per heavy atom. The highest BCUT2D eigenvalue weighted by molar-refractivity contribution is 5.15. The lowest BCUT2D eigenvalue weighted by atomic mass is 10.1. The van der Waals surface area contributed by atoms with E-state index in [1.54, 1.807) is 0 Å². The van der Waals surface area contributed by atoms with Crippen molar-refractivity contribution in [3.8, 4) is 0 Å². The fraction of sp³-hybridized carbons (Fsp3) is 0.0588. The van der Waals surface area contributed by atoms with Crippen LogP contribution in [0.25, 0.3) is 0 Å². The van der Waals surface area contributed by atoms with Gasteiger partial charge in [-0.2, -0.15) is 0 Å². The lowest BCUT2D eigenvalue weighted by molar-refractivity contribution is -0.934. The Morgan fingerprint density at radius 1 is 0.526 bits per heavy atom. The molecule has 0 saturated heterocycles. The lowest BCUT2D eigenvalue weighted by Crippen LogP contribution is -2.57. The van der Waals surface area contributed by atoms with Crippen molar-refractivity contribution in [2.45, 2.75) is 6.17 Å². The van der Waals surface area contributed by atoms with Gasteiger partial charge in [-0.25, -0.2) is 0 Å². The Balaban J connectivity index is 2.12. The van der Waals surface area contributed by atoms with Crippen molar-refractivity contribution >= 4 is 0 Å². The summed E-state index contributed by atoms with van der Waals surface area (Å²) in [6, 6.07) is 22.8. The smallest absolute Gasteiger partial charge is 0.140 e. The molecule has 2 nitrogen and oxygen atoms in total. The van der Waals surface area contributed by atoms with Gasteiger partial charge in [0.15, 0.2) is 24.8 Å². The monoisotopic (exact) mass is 248 g/mol. The second kappa shape index (κ2) is 5.44. The Labute approximate surface area is 113 Å². The third-order valence-corrected chi connectivity index (χ3v) is 3.14. The molecule has 0 spiro atoms. The molecule has 92 valence electrons. The molecule has 0 amide bonds. The van der Waals surface area contributed by atoms with Crippen LogP contribution in [0.3, 0.4) is 0 Å². The van der Waals surface area contributed by atoms with E-state index in [9.17, 15) is 0 Å². The molecule has 0 fully saturated rings. The number of pyridine rings is 2. The summed E-state index contributed by atoms with van der Waals surface area (Å²) in [6.45, 7) is 0. The van der Waals surface area contributed by atoms with Crippen LogP contribution in [0.15, 0.2) is 91.5 Å². The molecule has 1 aromatic carbocycles. The molecule has 2 heterocycles. The summed E-state index contributed by atoms with van der Waals surface area (Å²) >= 11 is 0. The van der Waals surface area contributed by atoms with E-state index in [0.717, 1.165) is 0 Å². The minimum absolute atomic E-state index is 0.142. The highest BCUT2D eigenvalue weighted by Crippen LogP contribution is 2.08. The number of hydrogen-bond acceptors (Lipinski definition) is 0. The minimum atomic E-state index is 0.142. The second-order valence-corrected chi connectivity index (χ2v) is 4.43. The third-order valence-electron chi connectivity index (χ3n) is 3.14. The van der Waals surface area contributed by atoms with Crippen molar-refractivity contribution in [3.05, 3.63) is 97.1 Å².